The van der Waals surface area contributed by atoms with Crippen LogP contribution in [-0.2, 0) is 0 Å². The number of H-pyrrole nitrogens is 1. The molecule has 0 bridgehead atoms. The molecular formula is C20H19N3O3. The van der Waals surface area contributed by atoms with E-state index in [-0.39, 0.29) is 12.0 Å². The number of rotatable bonds is 4. The number of carbonyl (C=O) groups is 1. The second kappa shape index (κ2) is 6.92. The van der Waals surface area contributed by atoms with Crippen molar-refractivity contribution in [2.45, 2.75) is 6.10 Å². The predicted octanol–water partition coefficient (Wildman–Crippen LogP) is 2.99. The number of para-hydroxylation sites is 2. The van der Waals surface area contributed by atoms with Gasteiger partial charge in [-0.05, 0) is 18.2 Å². The maximum atomic E-state index is 12.7. The average molecular weight is 349 g/mol. The van der Waals surface area contributed by atoms with Crippen molar-refractivity contribution in [2.75, 3.05) is 20.2 Å². The summed E-state index contributed by atoms with van der Waals surface area (Å²) in [5, 5.41) is 7.06. The molecule has 2 aromatic carbocycles. The van der Waals surface area contributed by atoms with Gasteiger partial charge in [0, 0.05) is 12.6 Å². The molecule has 0 saturated heterocycles. The molecule has 4 rings (SSSR count). The molecule has 1 aromatic heterocycles. The molecule has 0 radical (unpaired) electrons. The number of carbonyl (C=O) groups excluding carboxylic acids is 1. The molecule has 1 N–H and O–H groups in total. The van der Waals surface area contributed by atoms with E-state index in [0.29, 0.717) is 24.6 Å². The van der Waals surface area contributed by atoms with Gasteiger partial charge in [0.25, 0.3) is 5.91 Å². The van der Waals surface area contributed by atoms with E-state index in [0.717, 1.165) is 17.0 Å². The Bertz CT molecular complexity index is 907. The van der Waals surface area contributed by atoms with E-state index in [4.69, 9.17) is 9.47 Å². The highest BCUT2D eigenvalue weighted by Gasteiger charge is 2.25. The van der Waals surface area contributed by atoms with Crippen molar-refractivity contribution >= 4 is 5.91 Å². The Morgan fingerprint density at radius 3 is 2.69 bits per heavy atom. The standard InChI is InChI=1S/C20H19N3O3/c1-23(12-15-13-25-18-9-5-6-10-19(18)26-15)20(24)17-11-16(21-22-17)14-7-3-2-4-8-14/h2-11,15H,12-13H2,1H3,(H,21,22)/t15-/m1/s1. The monoisotopic (exact) mass is 349 g/mol. The Balaban J connectivity index is 1.42. The largest absolute Gasteiger partial charge is 0.486 e. The van der Waals surface area contributed by atoms with Crippen LogP contribution in [0.25, 0.3) is 11.3 Å². The summed E-state index contributed by atoms with van der Waals surface area (Å²) in [7, 11) is 1.75. The first kappa shape index (κ1) is 16.2. The number of likely N-dealkylation sites (N-methyl/N-ethyl adjacent to an activating group) is 1. The van der Waals surface area contributed by atoms with Crippen molar-refractivity contribution in [1.29, 1.82) is 0 Å². The fourth-order valence-electron chi connectivity index (χ4n) is 2.94. The number of ether oxygens (including phenoxy) is 2. The zero-order chi connectivity index (χ0) is 17.9. The summed E-state index contributed by atoms with van der Waals surface area (Å²) >= 11 is 0. The van der Waals surface area contributed by atoms with E-state index in [1.165, 1.54) is 0 Å². The molecule has 132 valence electrons. The normalized spacial score (nSPS) is 15.5. The lowest BCUT2D eigenvalue weighted by Gasteiger charge is -2.29. The Morgan fingerprint density at radius 1 is 1.15 bits per heavy atom. The van der Waals surface area contributed by atoms with Crippen LogP contribution in [0.1, 0.15) is 10.5 Å². The van der Waals surface area contributed by atoms with E-state index >= 15 is 0 Å². The number of aromatic amines is 1. The quantitative estimate of drug-likeness (QED) is 0.786. The van der Waals surface area contributed by atoms with Gasteiger partial charge >= 0.3 is 0 Å². The SMILES string of the molecule is CN(C[C@@H]1COc2ccccc2O1)C(=O)c1cc(-c2ccccc2)n[nH]1. The second-order valence-electron chi connectivity index (χ2n) is 6.22. The highest BCUT2D eigenvalue weighted by molar-refractivity contribution is 5.93. The van der Waals surface area contributed by atoms with Gasteiger partial charge in [-0.3, -0.25) is 9.89 Å². The Labute approximate surface area is 151 Å². The highest BCUT2D eigenvalue weighted by Crippen LogP contribution is 2.31. The van der Waals surface area contributed by atoms with Crippen molar-refractivity contribution in [2.24, 2.45) is 0 Å². The molecule has 1 aliphatic rings. The van der Waals surface area contributed by atoms with Crippen LogP contribution in [-0.4, -0.2) is 47.3 Å². The molecule has 0 aliphatic carbocycles. The number of nitrogens with one attached hydrogen (secondary N) is 1. The van der Waals surface area contributed by atoms with E-state index in [2.05, 4.69) is 10.2 Å². The molecule has 1 atom stereocenters. The fraction of sp³-hybridized carbons (Fsp3) is 0.200. The van der Waals surface area contributed by atoms with Crippen molar-refractivity contribution < 1.29 is 14.3 Å². The van der Waals surface area contributed by atoms with Gasteiger partial charge in [0.15, 0.2) is 17.6 Å². The van der Waals surface area contributed by atoms with Crippen LogP contribution in [0.15, 0.2) is 60.7 Å². The van der Waals surface area contributed by atoms with Gasteiger partial charge in [-0.25, -0.2) is 0 Å². The number of hydrogen-bond donors (Lipinski definition) is 1. The Hall–Kier alpha value is -3.28. The zero-order valence-corrected chi connectivity index (χ0v) is 14.4. The van der Waals surface area contributed by atoms with Crippen molar-refractivity contribution in [3.8, 4) is 22.8 Å². The summed E-state index contributed by atoms with van der Waals surface area (Å²) in [6, 6.07) is 19.0. The lowest BCUT2D eigenvalue weighted by Crippen LogP contribution is -2.41. The van der Waals surface area contributed by atoms with Crippen molar-refractivity contribution in [3.63, 3.8) is 0 Å². The van der Waals surface area contributed by atoms with Crippen LogP contribution in [0.3, 0.4) is 0 Å². The van der Waals surface area contributed by atoms with Gasteiger partial charge in [-0.15, -0.1) is 0 Å². The lowest BCUT2D eigenvalue weighted by molar-refractivity contribution is 0.0517. The number of nitrogens with zero attached hydrogens (tertiary/aromatic N) is 2. The molecule has 0 saturated carbocycles. The summed E-state index contributed by atoms with van der Waals surface area (Å²) in [5.74, 6) is 1.30. The summed E-state index contributed by atoms with van der Waals surface area (Å²) in [6.07, 6.45) is -0.213. The molecule has 3 aromatic rings. The first-order chi connectivity index (χ1) is 12.7. The third-order valence-electron chi connectivity index (χ3n) is 4.27. The number of aromatic nitrogens is 2. The van der Waals surface area contributed by atoms with Crippen LogP contribution in [0.4, 0.5) is 0 Å². The number of fused-ring (bicyclic) bond motifs is 1. The molecule has 0 spiro atoms. The maximum Gasteiger partial charge on any atom is 0.271 e. The van der Waals surface area contributed by atoms with Gasteiger partial charge in [0.05, 0.1) is 12.2 Å². The lowest BCUT2D eigenvalue weighted by atomic mass is 10.1. The maximum absolute atomic E-state index is 12.7. The van der Waals surface area contributed by atoms with Crippen LogP contribution in [0.5, 0.6) is 11.5 Å². The van der Waals surface area contributed by atoms with Gasteiger partial charge in [-0.2, -0.15) is 5.10 Å². The van der Waals surface area contributed by atoms with Crippen LogP contribution in [0, 0.1) is 0 Å². The molecule has 6 nitrogen and oxygen atoms in total. The van der Waals surface area contributed by atoms with E-state index in [1.54, 1.807) is 18.0 Å². The fourth-order valence-corrected chi connectivity index (χ4v) is 2.94. The van der Waals surface area contributed by atoms with Gasteiger partial charge in [0.2, 0.25) is 0 Å². The van der Waals surface area contributed by atoms with Crippen molar-refractivity contribution in [3.05, 3.63) is 66.4 Å². The first-order valence-corrected chi connectivity index (χ1v) is 8.45. The van der Waals surface area contributed by atoms with Crippen LogP contribution in [0.2, 0.25) is 0 Å². The number of amides is 1. The highest BCUT2D eigenvalue weighted by atomic mass is 16.6. The summed E-state index contributed by atoms with van der Waals surface area (Å²) in [4.78, 5) is 14.3. The van der Waals surface area contributed by atoms with Gasteiger partial charge in [-0.1, -0.05) is 42.5 Å². The molecule has 6 heteroatoms. The summed E-state index contributed by atoms with van der Waals surface area (Å²) in [5.41, 5.74) is 2.16. The smallest absolute Gasteiger partial charge is 0.271 e. The summed E-state index contributed by atoms with van der Waals surface area (Å²) in [6.45, 7) is 0.833. The van der Waals surface area contributed by atoms with Gasteiger partial charge in [0.1, 0.15) is 12.3 Å². The van der Waals surface area contributed by atoms with Crippen LogP contribution < -0.4 is 9.47 Å². The predicted molar refractivity (Wildman–Crippen MR) is 97.3 cm³/mol. The molecule has 2 heterocycles. The average Bonchev–Trinajstić information content (AvgIpc) is 3.18. The summed E-state index contributed by atoms with van der Waals surface area (Å²) < 4.78 is 11.6. The molecule has 1 amide bonds. The number of benzene rings is 2. The molecule has 0 unspecified atom stereocenters. The molecule has 26 heavy (non-hydrogen) atoms. The Kier molecular flexibility index (Phi) is 4.31. The van der Waals surface area contributed by atoms with Crippen LogP contribution >= 0.6 is 0 Å². The van der Waals surface area contributed by atoms with Crippen molar-refractivity contribution in [1.82, 2.24) is 15.1 Å². The van der Waals surface area contributed by atoms with E-state index < -0.39 is 0 Å². The topological polar surface area (TPSA) is 67.5 Å². The molecular weight excluding hydrogens is 330 g/mol. The van der Waals surface area contributed by atoms with E-state index in [9.17, 15) is 4.79 Å². The minimum atomic E-state index is -0.213. The molecule has 0 fully saturated rings. The second-order valence-corrected chi connectivity index (χ2v) is 6.22. The zero-order valence-electron chi connectivity index (χ0n) is 14.4. The van der Waals surface area contributed by atoms with E-state index in [1.807, 2.05) is 54.6 Å². The number of hydrogen-bond acceptors (Lipinski definition) is 4. The minimum absolute atomic E-state index is 0.137. The Morgan fingerprint density at radius 2 is 1.88 bits per heavy atom. The molecule has 1 aliphatic heterocycles. The third-order valence-corrected chi connectivity index (χ3v) is 4.27. The first-order valence-electron chi connectivity index (χ1n) is 8.45. The van der Waals surface area contributed by atoms with Gasteiger partial charge < -0.3 is 14.4 Å². The minimum Gasteiger partial charge on any atom is -0.486 e. The third kappa shape index (κ3) is 3.26.